The van der Waals surface area contributed by atoms with Gasteiger partial charge >= 0.3 is 0 Å². The number of hydrogen-bond acceptors (Lipinski definition) is 4. The Morgan fingerprint density at radius 1 is 1.07 bits per heavy atom. The summed E-state index contributed by atoms with van der Waals surface area (Å²) in [5.74, 6) is 0. The van der Waals surface area contributed by atoms with Crippen molar-refractivity contribution in [3.8, 4) is 11.3 Å². The van der Waals surface area contributed by atoms with E-state index in [2.05, 4.69) is 62.3 Å². The normalized spacial score (nSPS) is 17.4. The smallest absolute Gasteiger partial charge is 0.150 e. The Bertz CT molecular complexity index is 1470. The largest absolute Gasteiger partial charge is 0.261 e. The lowest BCUT2D eigenvalue weighted by Gasteiger charge is -2.22. The molecule has 6 heteroatoms. The van der Waals surface area contributed by atoms with E-state index < -0.39 is 9.84 Å². The summed E-state index contributed by atoms with van der Waals surface area (Å²) in [5.41, 5.74) is 4.30. The number of hydrogen-bond donors (Lipinski definition) is 0. The Morgan fingerprint density at radius 2 is 1.93 bits per heavy atom. The maximum absolute atomic E-state index is 12.2. The van der Waals surface area contributed by atoms with Gasteiger partial charge in [-0.25, -0.2) is 8.42 Å². The number of halogens is 1. The van der Waals surface area contributed by atoms with Crippen LogP contribution in [0, 0.1) is 10.4 Å². The minimum Gasteiger partial charge on any atom is -0.261 e. The standard InChI is InChI=1S/C23H19BrN2O2S/c1-29(27,28)16-4-2-14-3-5-18-17(20(14)12-16)6-7-19-21(18)10-15(24)11-22(19)23-13-25-8-9-26-23/h2-3,5,7-11,13,16H,4,6,12H2,1H3. The van der Waals surface area contributed by atoms with Gasteiger partial charge < -0.3 is 0 Å². The van der Waals surface area contributed by atoms with Gasteiger partial charge in [0.05, 0.1) is 17.1 Å². The molecule has 1 heterocycles. The van der Waals surface area contributed by atoms with Crippen LogP contribution in [0.25, 0.3) is 23.4 Å². The monoisotopic (exact) mass is 466 g/mol. The number of nitrogens with zero attached hydrogens (tertiary/aromatic N) is 2. The summed E-state index contributed by atoms with van der Waals surface area (Å²) >= 11 is 3.65. The SMILES string of the molecule is CS(=O)(=O)C1CC=c2ccc3c(c2C1)CC=c1c(-c2cnccn2)cc(Br)cc1=3. The average molecular weight is 467 g/mol. The van der Waals surface area contributed by atoms with Crippen LogP contribution in [-0.4, -0.2) is 29.9 Å². The molecule has 0 spiro atoms. The van der Waals surface area contributed by atoms with Gasteiger partial charge in [0.1, 0.15) is 0 Å². The van der Waals surface area contributed by atoms with Gasteiger partial charge in [-0.1, -0.05) is 40.2 Å². The zero-order chi connectivity index (χ0) is 20.2. The molecule has 0 saturated heterocycles. The van der Waals surface area contributed by atoms with E-state index in [0.29, 0.717) is 12.8 Å². The Morgan fingerprint density at radius 3 is 2.69 bits per heavy atom. The third kappa shape index (κ3) is 3.24. The van der Waals surface area contributed by atoms with Crippen LogP contribution in [0.5, 0.6) is 0 Å². The minimum atomic E-state index is -3.07. The van der Waals surface area contributed by atoms with Crippen LogP contribution in [0.3, 0.4) is 0 Å². The van der Waals surface area contributed by atoms with Gasteiger partial charge in [0, 0.05) is 28.7 Å². The van der Waals surface area contributed by atoms with Gasteiger partial charge in [0.25, 0.3) is 0 Å². The van der Waals surface area contributed by atoms with Crippen LogP contribution in [0.4, 0.5) is 0 Å². The van der Waals surface area contributed by atoms with E-state index in [-0.39, 0.29) is 5.25 Å². The van der Waals surface area contributed by atoms with Crippen LogP contribution in [0.1, 0.15) is 17.5 Å². The van der Waals surface area contributed by atoms with E-state index in [1.165, 1.54) is 27.8 Å². The lowest BCUT2D eigenvalue weighted by atomic mass is 9.88. The second-order valence-corrected chi connectivity index (χ2v) is 10.9. The van der Waals surface area contributed by atoms with Crippen molar-refractivity contribution in [2.24, 2.45) is 0 Å². The van der Waals surface area contributed by atoms with Crippen molar-refractivity contribution in [3.05, 3.63) is 79.3 Å². The van der Waals surface area contributed by atoms with Crippen molar-refractivity contribution >= 4 is 37.9 Å². The number of benzene rings is 2. The molecule has 146 valence electrons. The average Bonchev–Trinajstić information content (AvgIpc) is 2.72. The molecular weight excluding hydrogens is 448 g/mol. The first-order valence-electron chi connectivity index (χ1n) is 9.52. The quantitative estimate of drug-likeness (QED) is 0.582. The van der Waals surface area contributed by atoms with Crippen LogP contribution in [-0.2, 0) is 22.7 Å². The van der Waals surface area contributed by atoms with Gasteiger partial charge in [-0.3, -0.25) is 9.97 Å². The predicted octanol–water partition coefficient (Wildman–Crippen LogP) is 2.67. The lowest BCUT2D eigenvalue weighted by molar-refractivity contribution is 0.583. The number of aromatic nitrogens is 2. The molecule has 0 N–H and O–H groups in total. The van der Waals surface area contributed by atoms with Crippen molar-refractivity contribution in [3.63, 3.8) is 0 Å². The van der Waals surface area contributed by atoms with E-state index in [4.69, 9.17) is 0 Å². The summed E-state index contributed by atoms with van der Waals surface area (Å²) in [5, 5.41) is 4.31. The second-order valence-electron chi connectivity index (χ2n) is 7.67. The molecule has 1 unspecified atom stereocenters. The van der Waals surface area contributed by atoms with E-state index in [9.17, 15) is 8.42 Å². The van der Waals surface area contributed by atoms with E-state index >= 15 is 0 Å². The van der Waals surface area contributed by atoms with E-state index in [1.807, 2.05) is 0 Å². The van der Waals surface area contributed by atoms with Crippen LogP contribution < -0.4 is 10.4 Å². The summed E-state index contributed by atoms with van der Waals surface area (Å²) in [7, 11) is -3.07. The van der Waals surface area contributed by atoms with Gasteiger partial charge in [0.2, 0.25) is 0 Å². The molecule has 2 aliphatic rings. The van der Waals surface area contributed by atoms with Gasteiger partial charge in [-0.15, -0.1) is 0 Å². The zero-order valence-corrected chi connectivity index (χ0v) is 18.3. The topological polar surface area (TPSA) is 59.9 Å². The third-order valence-electron chi connectivity index (χ3n) is 5.89. The molecule has 0 aliphatic heterocycles. The Labute approximate surface area is 177 Å². The van der Waals surface area contributed by atoms with E-state index in [1.54, 1.807) is 18.6 Å². The first-order chi connectivity index (χ1) is 13.9. The van der Waals surface area contributed by atoms with Gasteiger partial charge in [-0.05, 0) is 63.4 Å². The fourth-order valence-corrected chi connectivity index (χ4v) is 5.81. The Kier molecular flexibility index (Phi) is 4.44. The molecule has 2 aromatic carbocycles. The number of rotatable bonds is 2. The zero-order valence-electron chi connectivity index (χ0n) is 15.9. The maximum atomic E-state index is 12.2. The Balaban J connectivity index is 1.83. The van der Waals surface area contributed by atoms with Gasteiger partial charge in [0.15, 0.2) is 9.84 Å². The van der Waals surface area contributed by atoms with Crippen molar-refractivity contribution in [1.29, 1.82) is 0 Å². The van der Waals surface area contributed by atoms with Crippen molar-refractivity contribution in [2.75, 3.05) is 6.26 Å². The molecule has 1 atom stereocenters. The minimum absolute atomic E-state index is 0.333. The van der Waals surface area contributed by atoms with E-state index in [0.717, 1.165) is 32.6 Å². The first-order valence-corrected chi connectivity index (χ1v) is 12.3. The van der Waals surface area contributed by atoms with Gasteiger partial charge in [-0.2, -0.15) is 0 Å². The molecule has 2 aliphatic carbocycles. The fraction of sp³-hybridized carbons (Fsp3) is 0.217. The highest BCUT2D eigenvalue weighted by Crippen LogP contribution is 2.24. The number of sulfone groups is 1. The molecule has 5 rings (SSSR count). The molecule has 0 bridgehead atoms. The van der Waals surface area contributed by atoms with Crippen molar-refractivity contribution in [2.45, 2.75) is 24.5 Å². The summed E-state index contributed by atoms with van der Waals surface area (Å²) in [6.45, 7) is 0. The second kappa shape index (κ2) is 6.89. The van der Waals surface area contributed by atoms with Crippen LogP contribution in [0.15, 0.2) is 47.3 Å². The molecule has 0 radical (unpaired) electrons. The summed E-state index contributed by atoms with van der Waals surface area (Å²) in [4.78, 5) is 8.71. The van der Waals surface area contributed by atoms with Crippen molar-refractivity contribution in [1.82, 2.24) is 9.97 Å². The highest BCUT2D eigenvalue weighted by atomic mass is 79.9. The molecular formula is C23H19BrN2O2S. The number of fused-ring (bicyclic) bond motifs is 4. The molecule has 3 aromatic rings. The Hall–Kier alpha value is -2.31. The highest BCUT2D eigenvalue weighted by Gasteiger charge is 2.25. The third-order valence-corrected chi connectivity index (χ3v) is 7.92. The first kappa shape index (κ1) is 18.7. The van der Waals surface area contributed by atoms with Crippen LogP contribution in [0.2, 0.25) is 0 Å². The summed E-state index contributed by atoms with van der Waals surface area (Å²) in [6.07, 6.45) is 12.8. The fourth-order valence-electron chi connectivity index (χ4n) is 4.44. The lowest BCUT2D eigenvalue weighted by Crippen LogP contribution is -2.31. The molecule has 0 saturated carbocycles. The summed E-state index contributed by atoms with van der Waals surface area (Å²) < 4.78 is 25.3. The molecule has 1 aromatic heterocycles. The molecule has 0 fully saturated rings. The highest BCUT2D eigenvalue weighted by molar-refractivity contribution is 9.10. The van der Waals surface area contributed by atoms with Crippen LogP contribution >= 0.6 is 15.9 Å². The molecule has 4 nitrogen and oxygen atoms in total. The van der Waals surface area contributed by atoms with Crippen molar-refractivity contribution < 1.29 is 8.42 Å². The molecule has 0 amide bonds. The summed E-state index contributed by atoms with van der Waals surface area (Å²) in [6, 6.07) is 8.52. The molecule has 29 heavy (non-hydrogen) atoms. The predicted molar refractivity (Wildman–Crippen MR) is 118 cm³/mol. The maximum Gasteiger partial charge on any atom is 0.150 e.